The zero-order valence-corrected chi connectivity index (χ0v) is 11.3. The van der Waals surface area contributed by atoms with Crippen LogP contribution in [-0.2, 0) is 19.1 Å². The Morgan fingerprint density at radius 2 is 2.28 bits per heavy atom. The van der Waals surface area contributed by atoms with Crippen LogP contribution < -0.4 is 0 Å². The minimum absolute atomic E-state index is 0.269. The first-order chi connectivity index (χ1) is 8.54. The van der Waals surface area contributed by atoms with Crippen LogP contribution in [0.25, 0.3) is 0 Å². The molecule has 1 aromatic heterocycles. The van der Waals surface area contributed by atoms with Crippen molar-refractivity contribution in [2.45, 2.75) is 18.4 Å². The van der Waals surface area contributed by atoms with Crippen molar-refractivity contribution in [3.8, 4) is 0 Å². The molecule has 0 amide bonds. The Bertz CT molecular complexity index is 608. The maximum absolute atomic E-state index is 13.7. The summed E-state index contributed by atoms with van der Waals surface area (Å²) >= 11 is 3.28. The number of rotatable bonds is 1. The lowest BCUT2D eigenvalue weighted by atomic mass is 9.92. The molecule has 1 N–H and O–H groups in total. The van der Waals surface area contributed by atoms with E-state index in [0.717, 1.165) is 0 Å². The average Bonchev–Trinajstić information content (AvgIpc) is 2.83. The Labute approximate surface area is 112 Å². The molecule has 0 saturated heterocycles. The molecule has 1 unspecified atom stereocenters. The number of aliphatic hydroxyl groups is 1. The van der Waals surface area contributed by atoms with Gasteiger partial charge in [0.2, 0.25) is 0 Å². The lowest BCUT2D eigenvalue weighted by molar-refractivity contribution is 0.0732. The lowest BCUT2D eigenvalue weighted by Gasteiger charge is -2.24. The van der Waals surface area contributed by atoms with Crippen LogP contribution in [0.2, 0.25) is 0 Å². The molecule has 94 valence electrons. The fraction of sp³-hybridized carbons (Fsp3) is 0.333. The van der Waals surface area contributed by atoms with Gasteiger partial charge in [0.15, 0.2) is 4.60 Å². The molecule has 6 heteroatoms. The van der Waals surface area contributed by atoms with Crippen LogP contribution >= 0.6 is 15.9 Å². The van der Waals surface area contributed by atoms with Crippen LogP contribution in [0.15, 0.2) is 22.8 Å². The highest BCUT2D eigenvalue weighted by Gasteiger charge is 2.43. The van der Waals surface area contributed by atoms with E-state index in [1.165, 1.54) is 10.7 Å². The molecule has 0 bridgehead atoms. The first-order valence-electron chi connectivity index (χ1n) is 5.60. The van der Waals surface area contributed by atoms with Crippen molar-refractivity contribution in [3.63, 3.8) is 0 Å². The molecule has 0 aliphatic heterocycles. The standard InChI is InChI=1S/C12H11BrFN3O/c1-17-10(11(13)15-16-17)12(18)6-5-7-8(12)3-2-4-9(7)14/h2-4,18H,5-6H2,1H3. The third-order valence-corrected chi connectivity index (χ3v) is 4.01. The van der Waals surface area contributed by atoms with Crippen LogP contribution in [0.5, 0.6) is 0 Å². The summed E-state index contributed by atoms with van der Waals surface area (Å²) in [5.41, 5.74) is 0.516. The fourth-order valence-corrected chi connectivity index (χ4v) is 3.31. The van der Waals surface area contributed by atoms with Gasteiger partial charge in [-0.05, 0) is 46.0 Å². The van der Waals surface area contributed by atoms with Crippen LogP contribution in [0, 0.1) is 5.82 Å². The molecule has 0 fully saturated rings. The van der Waals surface area contributed by atoms with E-state index in [1.807, 2.05) is 0 Å². The Morgan fingerprint density at radius 1 is 1.50 bits per heavy atom. The van der Waals surface area contributed by atoms with Crippen LogP contribution in [-0.4, -0.2) is 20.1 Å². The molecule has 2 aromatic rings. The highest BCUT2D eigenvalue weighted by molar-refractivity contribution is 9.10. The summed E-state index contributed by atoms with van der Waals surface area (Å²) in [5, 5.41) is 18.6. The van der Waals surface area contributed by atoms with Crippen molar-refractivity contribution in [1.29, 1.82) is 0 Å². The van der Waals surface area contributed by atoms with Gasteiger partial charge >= 0.3 is 0 Å². The Morgan fingerprint density at radius 3 is 2.94 bits per heavy atom. The predicted molar refractivity (Wildman–Crippen MR) is 66.4 cm³/mol. The van der Waals surface area contributed by atoms with E-state index in [4.69, 9.17) is 0 Å². The second kappa shape index (κ2) is 3.86. The molecule has 1 heterocycles. The zero-order chi connectivity index (χ0) is 12.9. The van der Waals surface area contributed by atoms with Gasteiger partial charge in [0, 0.05) is 7.05 Å². The Hall–Kier alpha value is -1.27. The molecular weight excluding hydrogens is 301 g/mol. The quantitative estimate of drug-likeness (QED) is 0.875. The minimum atomic E-state index is -1.23. The zero-order valence-electron chi connectivity index (χ0n) is 9.69. The van der Waals surface area contributed by atoms with E-state index >= 15 is 0 Å². The largest absolute Gasteiger partial charge is 0.379 e. The van der Waals surface area contributed by atoms with E-state index in [-0.39, 0.29) is 5.82 Å². The van der Waals surface area contributed by atoms with Crippen molar-refractivity contribution in [1.82, 2.24) is 15.0 Å². The van der Waals surface area contributed by atoms with Crippen molar-refractivity contribution >= 4 is 15.9 Å². The molecule has 3 rings (SSSR count). The first-order valence-corrected chi connectivity index (χ1v) is 6.39. The molecule has 0 saturated carbocycles. The maximum Gasteiger partial charge on any atom is 0.154 e. The topological polar surface area (TPSA) is 50.9 Å². The highest BCUT2D eigenvalue weighted by atomic mass is 79.9. The number of fused-ring (bicyclic) bond motifs is 1. The number of nitrogens with zero attached hydrogens (tertiary/aromatic N) is 3. The number of benzene rings is 1. The summed E-state index contributed by atoms with van der Waals surface area (Å²) in [6.45, 7) is 0. The number of hydrogen-bond donors (Lipinski definition) is 1. The molecule has 4 nitrogen and oxygen atoms in total. The van der Waals surface area contributed by atoms with Gasteiger partial charge in [-0.15, -0.1) is 5.10 Å². The van der Waals surface area contributed by atoms with E-state index in [9.17, 15) is 9.50 Å². The SMILES string of the molecule is Cn1nnc(Br)c1C1(O)CCc2c(F)cccc21. The summed E-state index contributed by atoms with van der Waals surface area (Å²) in [4.78, 5) is 0. The van der Waals surface area contributed by atoms with Crippen molar-refractivity contribution in [2.24, 2.45) is 7.05 Å². The second-order valence-electron chi connectivity index (χ2n) is 4.48. The van der Waals surface area contributed by atoms with E-state index < -0.39 is 5.60 Å². The van der Waals surface area contributed by atoms with Crippen LogP contribution in [0.1, 0.15) is 23.2 Å². The van der Waals surface area contributed by atoms with Gasteiger partial charge in [0.25, 0.3) is 0 Å². The molecule has 0 spiro atoms. The number of halogens is 2. The van der Waals surface area contributed by atoms with Crippen molar-refractivity contribution in [3.05, 3.63) is 45.4 Å². The molecule has 18 heavy (non-hydrogen) atoms. The van der Waals surface area contributed by atoms with Crippen LogP contribution in [0.3, 0.4) is 0 Å². The molecule has 1 aliphatic rings. The van der Waals surface area contributed by atoms with Gasteiger partial charge < -0.3 is 5.11 Å². The summed E-state index contributed by atoms with van der Waals surface area (Å²) in [6.07, 6.45) is 0.944. The number of aryl methyl sites for hydroxylation is 1. The van der Waals surface area contributed by atoms with E-state index in [0.29, 0.717) is 34.3 Å². The van der Waals surface area contributed by atoms with Gasteiger partial charge in [-0.2, -0.15) is 0 Å². The van der Waals surface area contributed by atoms with Crippen molar-refractivity contribution in [2.75, 3.05) is 0 Å². The van der Waals surface area contributed by atoms with Gasteiger partial charge in [-0.3, -0.25) is 0 Å². The number of aromatic nitrogens is 3. The molecular formula is C12H11BrFN3O. The van der Waals surface area contributed by atoms with Crippen LogP contribution in [0.4, 0.5) is 4.39 Å². The molecule has 1 aromatic carbocycles. The third kappa shape index (κ3) is 1.45. The van der Waals surface area contributed by atoms with Gasteiger partial charge in [-0.25, -0.2) is 9.07 Å². The highest BCUT2D eigenvalue weighted by Crippen LogP contribution is 2.44. The summed E-state index contributed by atoms with van der Waals surface area (Å²) in [5.74, 6) is -0.269. The smallest absolute Gasteiger partial charge is 0.154 e. The van der Waals surface area contributed by atoms with E-state index in [2.05, 4.69) is 26.2 Å². The fourth-order valence-electron chi connectivity index (χ4n) is 2.66. The lowest BCUT2D eigenvalue weighted by Crippen LogP contribution is -2.27. The van der Waals surface area contributed by atoms with Gasteiger partial charge in [-0.1, -0.05) is 17.3 Å². The Balaban J connectivity index is 2.24. The molecule has 0 radical (unpaired) electrons. The molecule has 1 atom stereocenters. The Kier molecular flexibility index (Phi) is 2.53. The second-order valence-corrected chi connectivity index (χ2v) is 5.23. The average molecular weight is 312 g/mol. The van der Waals surface area contributed by atoms with Gasteiger partial charge in [0.1, 0.15) is 17.1 Å². The summed E-state index contributed by atoms with van der Waals surface area (Å²) in [6, 6.07) is 4.79. The maximum atomic E-state index is 13.7. The molecule has 1 aliphatic carbocycles. The third-order valence-electron chi connectivity index (χ3n) is 3.48. The minimum Gasteiger partial charge on any atom is -0.379 e. The first kappa shape index (κ1) is 11.8. The van der Waals surface area contributed by atoms with E-state index in [1.54, 1.807) is 19.2 Å². The normalized spacial score (nSPS) is 22.2. The summed E-state index contributed by atoms with van der Waals surface area (Å²) in [7, 11) is 1.71. The monoisotopic (exact) mass is 311 g/mol. The predicted octanol–water partition coefficient (Wildman–Crippen LogP) is 1.90. The van der Waals surface area contributed by atoms with Gasteiger partial charge in [0.05, 0.1) is 0 Å². The summed E-state index contributed by atoms with van der Waals surface area (Å²) < 4.78 is 15.7. The van der Waals surface area contributed by atoms with Crippen molar-refractivity contribution < 1.29 is 9.50 Å². The number of hydrogen-bond acceptors (Lipinski definition) is 3.